The maximum Gasteiger partial charge on any atom is 0.265 e. The van der Waals surface area contributed by atoms with Gasteiger partial charge in [-0.2, -0.15) is 4.98 Å². The van der Waals surface area contributed by atoms with E-state index >= 15 is 0 Å². The first-order valence-electron chi connectivity index (χ1n) is 5.65. The summed E-state index contributed by atoms with van der Waals surface area (Å²) in [6, 6.07) is 2.76. The molecule has 0 aromatic carbocycles. The molecular weight excluding hydrogens is 318 g/mol. The van der Waals surface area contributed by atoms with E-state index in [-0.39, 0.29) is 27.6 Å². The fourth-order valence-corrected chi connectivity index (χ4v) is 2.59. The third kappa shape index (κ3) is 3.50. The number of sulfonamides is 1. The molecule has 0 saturated carbocycles. The topological polar surface area (TPSA) is 120 Å². The summed E-state index contributed by atoms with van der Waals surface area (Å²) in [5.41, 5.74) is 5.99. The standard InChI is InChI=1S/C11H12ClN5O3S/c1-6-3-9(20-2)16-11(15-6)17-21(18,19)7-4-8(12)10(13)14-5-7/h3-5H,1-2H3,(H2,13,14)(H,15,16,17). The van der Waals surface area contributed by atoms with E-state index in [9.17, 15) is 8.42 Å². The minimum absolute atomic E-state index is 0.0422. The van der Waals surface area contributed by atoms with Crippen LogP contribution in [-0.2, 0) is 10.0 Å². The Morgan fingerprint density at radius 2 is 2.05 bits per heavy atom. The molecule has 0 radical (unpaired) electrons. The van der Waals surface area contributed by atoms with Crippen LogP contribution in [0.2, 0.25) is 5.02 Å². The Kier molecular flexibility index (Phi) is 4.14. The molecule has 0 aliphatic carbocycles. The molecule has 0 aliphatic heterocycles. The number of hydrogen-bond donors (Lipinski definition) is 2. The SMILES string of the molecule is COc1cc(C)nc(NS(=O)(=O)c2cnc(N)c(Cl)c2)n1. The summed E-state index contributed by atoms with van der Waals surface area (Å²) >= 11 is 5.76. The highest BCUT2D eigenvalue weighted by molar-refractivity contribution is 7.92. The number of nitrogens with one attached hydrogen (secondary N) is 1. The molecule has 10 heteroatoms. The number of nitrogens with zero attached hydrogens (tertiary/aromatic N) is 3. The number of anilines is 2. The highest BCUT2D eigenvalue weighted by atomic mass is 35.5. The van der Waals surface area contributed by atoms with Crippen LogP contribution in [0.25, 0.3) is 0 Å². The first-order chi connectivity index (χ1) is 9.81. The van der Waals surface area contributed by atoms with E-state index in [0.717, 1.165) is 6.20 Å². The van der Waals surface area contributed by atoms with Gasteiger partial charge in [-0.3, -0.25) is 0 Å². The minimum Gasteiger partial charge on any atom is -0.481 e. The van der Waals surface area contributed by atoms with Gasteiger partial charge in [0.1, 0.15) is 10.7 Å². The molecule has 2 rings (SSSR count). The van der Waals surface area contributed by atoms with Gasteiger partial charge >= 0.3 is 0 Å². The van der Waals surface area contributed by atoms with Crippen LogP contribution in [0.4, 0.5) is 11.8 Å². The van der Waals surface area contributed by atoms with Crippen LogP contribution in [0.15, 0.2) is 23.2 Å². The molecule has 0 unspecified atom stereocenters. The Hall–Kier alpha value is -2.13. The summed E-state index contributed by atoms with van der Waals surface area (Å²) < 4.78 is 31.6. The number of pyridine rings is 1. The molecule has 2 heterocycles. The van der Waals surface area contributed by atoms with Crippen LogP contribution in [0.5, 0.6) is 5.88 Å². The molecule has 8 nitrogen and oxygen atoms in total. The fraction of sp³-hybridized carbons (Fsp3) is 0.182. The average molecular weight is 330 g/mol. The van der Waals surface area contributed by atoms with Crippen molar-refractivity contribution in [2.24, 2.45) is 0 Å². The van der Waals surface area contributed by atoms with Crippen molar-refractivity contribution >= 4 is 33.4 Å². The first kappa shape index (κ1) is 15.3. The van der Waals surface area contributed by atoms with Crippen molar-refractivity contribution in [1.82, 2.24) is 15.0 Å². The Morgan fingerprint density at radius 1 is 1.33 bits per heavy atom. The van der Waals surface area contributed by atoms with Crippen molar-refractivity contribution in [3.8, 4) is 5.88 Å². The van der Waals surface area contributed by atoms with E-state index < -0.39 is 10.0 Å². The minimum atomic E-state index is -3.93. The Morgan fingerprint density at radius 3 is 2.67 bits per heavy atom. The Labute approximate surface area is 126 Å². The molecule has 0 bridgehead atoms. The van der Waals surface area contributed by atoms with Crippen LogP contribution in [0.1, 0.15) is 5.69 Å². The molecule has 112 valence electrons. The third-order valence-corrected chi connectivity index (χ3v) is 4.02. The Balaban J connectivity index is 2.37. The summed E-state index contributed by atoms with van der Waals surface area (Å²) in [4.78, 5) is 11.4. The number of nitrogens with two attached hydrogens (primary N) is 1. The van der Waals surface area contributed by atoms with E-state index in [1.54, 1.807) is 13.0 Å². The van der Waals surface area contributed by atoms with Crippen molar-refractivity contribution in [2.45, 2.75) is 11.8 Å². The van der Waals surface area contributed by atoms with Gasteiger partial charge in [0.05, 0.1) is 12.1 Å². The van der Waals surface area contributed by atoms with Gasteiger partial charge in [-0.05, 0) is 13.0 Å². The van der Waals surface area contributed by atoms with Gasteiger partial charge in [-0.15, -0.1) is 0 Å². The summed E-state index contributed by atoms with van der Waals surface area (Å²) in [5, 5.41) is 0.0422. The van der Waals surface area contributed by atoms with E-state index in [4.69, 9.17) is 22.1 Å². The second kappa shape index (κ2) is 5.70. The van der Waals surface area contributed by atoms with Gasteiger partial charge in [0, 0.05) is 18.0 Å². The molecule has 2 aromatic heterocycles. The predicted octanol–water partition coefficient (Wildman–Crippen LogP) is 1.23. The first-order valence-corrected chi connectivity index (χ1v) is 7.51. The molecule has 21 heavy (non-hydrogen) atoms. The van der Waals surface area contributed by atoms with Gasteiger partial charge in [0.25, 0.3) is 10.0 Å². The molecule has 0 fully saturated rings. The smallest absolute Gasteiger partial charge is 0.265 e. The lowest BCUT2D eigenvalue weighted by atomic mass is 10.4. The Bertz CT molecular complexity index is 781. The third-order valence-electron chi connectivity index (χ3n) is 2.42. The number of aromatic nitrogens is 3. The number of aryl methyl sites for hydroxylation is 1. The molecule has 3 N–H and O–H groups in total. The monoisotopic (exact) mass is 329 g/mol. The van der Waals surface area contributed by atoms with Gasteiger partial charge in [-0.1, -0.05) is 11.6 Å². The highest BCUT2D eigenvalue weighted by Crippen LogP contribution is 2.21. The molecule has 0 spiro atoms. The molecule has 2 aromatic rings. The summed E-state index contributed by atoms with van der Waals surface area (Å²) in [6.45, 7) is 1.68. The fourth-order valence-electron chi connectivity index (χ4n) is 1.45. The molecular formula is C11H12ClN5O3S. The second-order valence-corrected chi connectivity index (χ2v) is 6.11. The maximum atomic E-state index is 12.2. The quantitative estimate of drug-likeness (QED) is 0.865. The normalized spacial score (nSPS) is 11.2. The van der Waals surface area contributed by atoms with E-state index in [0.29, 0.717) is 5.69 Å². The number of hydrogen-bond acceptors (Lipinski definition) is 7. The van der Waals surface area contributed by atoms with Crippen LogP contribution < -0.4 is 15.2 Å². The van der Waals surface area contributed by atoms with Crippen LogP contribution >= 0.6 is 11.6 Å². The summed E-state index contributed by atoms with van der Waals surface area (Å²) in [7, 11) is -2.51. The van der Waals surface area contributed by atoms with Crippen molar-refractivity contribution in [3.05, 3.63) is 29.0 Å². The number of nitrogen functional groups attached to an aromatic ring is 1. The zero-order valence-electron chi connectivity index (χ0n) is 11.2. The lowest BCUT2D eigenvalue weighted by molar-refractivity contribution is 0.397. The van der Waals surface area contributed by atoms with Crippen molar-refractivity contribution in [2.75, 3.05) is 17.6 Å². The van der Waals surface area contributed by atoms with E-state index in [1.807, 2.05) is 0 Å². The lowest BCUT2D eigenvalue weighted by Gasteiger charge is -2.09. The summed E-state index contributed by atoms with van der Waals surface area (Å²) in [5.74, 6) is 0.178. The number of ether oxygens (including phenoxy) is 1. The molecule has 0 atom stereocenters. The maximum absolute atomic E-state index is 12.2. The molecule has 0 saturated heterocycles. The number of halogens is 1. The molecule has 0 amide bonds. The van der Waals surface area contributed by atoms with E-state index in [2.05, 4.69) is 19.7 Å². The highest BCUT2D eigenvalue weighted by Gasteiger charge is 2.18. The second-order valence-electron chi connectivity index (χ2n) is 4.02. The van der Waals surface area contributed by atoms with Crippen molar-refractivity contribution < 1.29 is 13.2 Å². The van der Waals surface area contributed by atoms with Crippen molar-refractivity contribution in [3.63, 3.8) is 0 Å². The van der Waals surface area contributed by atoms with Gasteiger partial charge in [0.15, 0.2) is 0 Å². The zero-order chi connectivity index (χ0) is 15.6. The lowest BCUT2D eigenvalue weighted by Crippen LogP contribution is -2.16. The largest absolute Gasteiger partial charge is 0.481 e. The van der Waals surface area contributed by atoms with Gasteiger partial charge < -0.3 is 10.5 Å². The predicted molar refractivity (Wildman–Crippen MR) is 77.8 cm³/mol. The van der Waals surface area contributed by atoms with E-state index in [1.165, 1.54) is 13.2 Å². The van der Waals surface area contributed by atoms with Crippen LogP contribution in [0, 0.1) is 6.92 Å². The van der Waals surface area contributed by atoms with Gasteiger partial charge in [-0.25, -0.2) is 23.1 Å². The molecule has 0 aliphatic rings. The summed E-state index contributed by atoms with van der Waals surface area (Å²) in [6.07, 6.45) is 1.09. The van der Waals surface area contributed by atoms with Crippen LogP contribution in [0.3, 0.4) is 0 Å². The average Bonchev–Trinajstić information content (AvgIpc) is 2.40. The van der Waals surface area contributed by atoms with Gasteiger partial charge in [0.2, 0.25) is 11.8 Å². The zero-order valence-corrected chi connectivity index (χ0v) is 12.7. The number of methoxy groups -OCH3 is 1. The van der Waals surface area contributed by atoms with Crippen molar-refractivity contribution in [1.29, 1.82) is 0 Å². The van der Waals surface area contributed by atoms with Crippen LogP contribution in [-0.4, -0.2) is 30.5 Å². The number of rotatable bonds is 4.